The summed E-state index contributed by atoms with van der Waals surface area (Å²) < 4.78 is 0. The highest BCUT2D eigenvalue weighted by atomic mass is 16.6. The lowest BCUT2D eigenvalue weighted by molar-refractivity contribution is -0.384. The predicted octanol–water partition coefficient (Wildman–Crippen LogP) is 2.35. The average Bonchev–Trinajstić information content (AvgIpc) is 2.96. The van der Waals surface area contributed by atoms with Gasteiger partial charge in [0.25, 0.3) is 5.69 Å². The second-order valence-corrected chi connectivity index (χ2v) is 5.64. The first-order chi connectivity index (χ1) is 9.49. The molecule has 2 bridgehead atoms. The second kappa shape index (κ2) is 4.47. The molecule has 106 valence electrons. The van der Waals surface area contributed by atoms with E-state index in [1.807, 2.05) is 17.9 Å². The van der Waals surface area contributed by atoms with Crippen LogP contribution in [0, 0.1) is 23.0 Å². The van der Waals surface area contributed by atoms with E-state index in [4.69, 9.17) is 0 Å². The minimum atomic E-state index is -0.794. The van der Waals surface area contributed by atoms with Crippen LogP contribution in [0.1, 0.15) is 24.8 Å². The first-order valence-corrected chi connectivity index (χ1v) is 6.75. The summed E-state index contributed by atoms with van der Waals surface area (Å²) >= 11 is 0. The van der Waals surface area contributed by atoms with Crippen molar-refractivity contribution in [1.29, 1.82) is 0 Å². The molecule has 3 unspecified atom stereocenters. The van der Waals surface area contributed by atoms with Crippen molar-refractivity contribution in [2.45, 2.75) is 38.3 Å². The maximum absolute atomic E-state index is 11.3. The molecule has 0 aromatic heterocycles. The Morgan fingerprint density at radius 3 is 2.80 bits per heavy atom. The number of rotatable bonds is 3. The van der Waals surface area contributed by atoms with Crippen molar-refractivity contribution >= 4 is 17.3 Å². The number of aliphatic carboxylic acids is 1. The van der Waals surface area contributed by atoms with Crippen LogP contribution in [0.3, 0.4) is 0 Å². The van der Waals surface area contributed by atoms with E-state index in [9.17, 15) is 20.0 Å². The standard InChI is InChI=1S/C14H16N2O4/c1-8-2-4-12(13(6-8)16(19)20)15-9-3-5-11(15)10(7-9)14(17)18/h2,4,6,9-11H,3,5,7H2,1H3,(H,17,18). The number of fused-ring (bicyclic) bond motifs is 2. The third-order valence-corrected chi connectivity index (χ3v) is 4.46. The Hall–Kier alpha value is -2.11. The highest BCUT2D eigenvalue weighted by Crippen LogP contribution is 2.47. The molecule has 0 saturated carbocycles. The number of carboxylic acids is 1. The van der Waals surface area contributed by atoms with Crippen LogP contribution in [0.25, 0.3) is 0 Å². The lowest BCUT2D eigenvalue weighted by Gasteiger charge is -2.25. The molecule has 6 heteroatoms. The second-order valence-electron chi connectivity index (χ2n) is 5.64. The fourth-order valence-electron chi connectivity index (χ4n) is 3.63. The first kappa shape index (κ1) is 12.9. The molecule has 0 aliphatic carbocycles. The zero-order valence-electron chi connectivity index (χ0n) is 11.2. The number of carboxylic acid groups (broad SMARTS) is 1. The monoisotopic (exact) mass is 276 g/mol. The molecule has 0 radical (unpaired) electrons. The zero-order valence-corrected chi connectivity index (χ0v) is 11.2. The Morgan fingerprint density at radius 1 is 1.45 bits per heavy atom. The van der Waals surface area contributed by atoms with Gasteiger partial charge in [0.2, 0.25) is 0 Å². The lowest BCUT2D eigenvalue weighted by atomic mass is 9.89. The van der Waals surface area contributed by atoms with Gasteiger partial charge in [-0.3, -0.25) is 14.9 Å². The van der Waals surface area contributed by atoms with E-state index < -0.39 is 11.9 Å². The molecule has 2 aliphatic heterocycles. The molecule has 1 aromatic rings. The molecule has 2 heterocycles. The van der Waals surface area contributed by atoms with Crippen molar-refractivity contribution in [3.63, 3.8) is 0 Å². The van der Waals surface area contributed by atoms with Gasteiger partial charge < -0.3 is 10.0 Å². The molecule has 3 rings (SSSR count). The van der Waals surface area contributed by atoms with E-state index in [0.29, 0.717) is 12.1 Å². The van der Waals surface area contributed by atoms with Crippen molar-refractivity contribution in [2.75, 3.05) is 4.90 Å². The number of benzene rings is 1. The fraction of sp³-hybridized carbons (Fsp3) is 0.500. The van der Waals surface area contributed by atoms with Gasteiger partial charge in [0.1, 0.15) is 5.69 Å². The van der Waals surface area contributed by atoms with Gasteiger partial charge in [-0.05, 0) is 37.8 Å². The van der Waals surface area contributed by atoms with E-state index in [2.05, 4.69) is 0 Å². The number of carbonyl (C=O) groups is 1. The van der Waals surface area contributed by atoms with Gasteiger partial charge in [-0.1, -0.05) is 6.07 Å². The van der Waals surface area contributed by atoms with E-state index in [0.717, 1.165) is 18.4 Å². The van der Waals surface area contributed by atoms with Gasteiger partial charge in [0, 0.05) is 18.2 Å². The number of nitro benzene ring substituents is 1. The summed E-state index contributed by atoms with van der Waals surface area (Å²) in [7, 11) is 0. The molecule has 2 saturated heterocycles. The average molecular weight is 276 g/mol. The van der Waals surface area contributed by atoms with Gasteiger partial charge >= 0.3 is 5.97 Å². The summed E-state index contributed by atoms with van der Waals surface area (Å²) in [5.41, 5.74) is 1.48. The highest BCUT2D eigenvalue weighted by Gasteiger charge is 2.50. The Balaban J connectivity index is 2.02. The van der Waals surface area contributed by atoms with E-state index in [-0.39, 0.29) is 22.7 Å². The van der Waals surface area contributed by atoms with Crippen LogP contribution in [0.2, 0.25) is 0 Å². The molecule has 1 aromatic carbocycles. The molecule has 2 fully saturated rings. The molecular formula is C14H16N2O4. The van der Waals surface area contributed by atoms with Gasteiger partial charge in [-0.25, -0.2) is 0 Å². The summed E-state index contributed by atoms with van der Waals surface area (Å²) in [4.78, 5) is 24.1. The minimum absolute atomic E-state index is 0.0768. The van der Waals surface area contributed by atoms with Gasteiger partial charge in [-0.2, -0.15) is 0 Å². The Morgan fingerprint density at radius 2 is 2.20 bits per heavy atom. The highest BCUT2D eigenvalue weighted by molar-refractivity contribution is 5.76. The van der Waals surface area contributed by atoms with Gasteiger partial charge in [-0.15, -0.1) is 0 Å². The van der Waals surface area contributed by atoms with Crippen LogP contribution in [-0.2, 0) is 4.79 Å². The smallest absolute Gasteiger partial charge is 0.308 e. The summed E-state index contributed by atoms with van der Waals surface area (Å²) in [6, 6.07) is 5.16. The third-order valence-electron chi connectivity index (χ3n) is 4.46. The molecule has 0 spiro atoms. The third kappa shape index (κ3) is 1.83. The van der Waals surface area contributed by atoms with Crippen LogP contribution in [-0.4, -0.2) is 28.1 Å². The molecule has 3 atom stereocenters. The van der Waals surface area contributed by atoms with E-state index in [1.165, 1.54) is 0 Å². The van der Waals surface area contributed by atoms with E-state index in [1.54, 1.807) is 12.1 Å². The van der Waals surface area contributed by atoms with Crippen LogP contribution in [0.5, 0.6) is 0 Å². The summed E-state index contributed by atoms with van der Waals surface area (Å²) in [5, 5.41) is 20.5. The number of nitrogens with zero attached hydrogens (tertiary/aromatic N) is 2. The summed E-state index contributed by atoms with van der Waals surface area (Å²) in [6.45, 7) is 1.81. The molecule has 0 amide bonds. The number of hydrogen-bond acceptors (Lipinski definition) is 4. The van der Waals surface area contributed by atoms with Crippen molar-refractivity contribution in [1.82, 2.24) is 0 Å². The Bertz CT molecular complexity index is 587. The van der Waals surface area contributed by atoms with Crippen molar-refractivity contribution in [2.24, 2.45) is 5.92 Å². The maximum atomic E-state index is 11.3. The maximum Gasteiger partial charge on any atom is 0.308 e. The minimum Gasteiger partial charge on any atom is -0.481 e. The summed E-state index contributed by atoms with van der Waals surface area (Å²) in [6.07, 6.45) is 2.30. The zero-order chi connectivity index (χ0) is 14.4. The predicted molar refractivity (Wildman–Crippen MR) is 72.9 cm³/mol. The molecule has 20 heavy (non-hydrogen) atoms. The van der Waals surface area contributed by atoms with Gasteiger partial charge in [0.15, 0.2) is 0 Å². The molecule has 6 nitrogen and oxygen atoms in total. The molecule has 2 aliphatic rings. The van der Waals surface area contributed by atoms with Crippen molar-refractivity contribution < 1.29 is 14.8 Å². The lowest BCUT2D eigenvalue weighted by Crippen LogP contribution is -2.33. The summed E-state index contributed by atoms with van der Waals surface area (Å²) in [5.74, 6) is -1.20. The van der Waals surface area contributed by atoms with Crippen LogP contribution >= 0.6 is 0 Å². The largest absolute Gasteiger partial charge is 0.481 e. The molecule has 1 N–H and O–H groups in total. The number of anilines is 1. The van der Waals surface area contributed by atoms with Crippen LogP contribution in [0.4, 0.5) is 11.4 Å². The van der Waals surface area contributed by atoms with E-state index >= 15 is 0 Å². The van der Waals surface area contributed by atoms with Crippen molar-refractivity contribution in [3.8, 4) is 0 Å². The number of aryl methyl sites for hydroxylation is 1. The Labute approximate surface area is 116 Å². The SMILES string of the molecule is Cc1ccc(N2C3CCC2C(C(=O)O)C3)c([N+](=O)[O-])c1. The first-order valence-electron chi connectivity index (χ1n) is 6.75. The van der Waals surface area contributed by atoms with Crippen LogP contribution in [0.15, 0.2) is 18.2 Å². The Kier molecular flexibility index (Phi) is 2.88. The number of hydrogen-bond donors (Lipinski definition) is 1. The topological polar surface area (TPSA) is 83.7 Å². The van der Waals surface area contributed by atoms with Gasteiger partial charge in [0.05, 0.1) is 10.8 Å². The normalized spacial score (nSPS) is 27.9. The van der Waals surface area contributed by atoms with Crippen molar-refractivity contribution in [3.05, 3.63) is 33.9 Å². The van der Waals surface area contributed by atoms with Crippen LogP contribution < -0.4 is 4.90 Å². The number of nitro groups is 1. The molecular weight excluding hydrogens is 260 g/mol. The quantitative estimate of drug-likeness (QED) is 0.676. The fourth-order valence-corrected chi connectivity index (χ4v) is 3.63.